The predicted molar refractivity (Wildman–Crippen MR) is 112 cm³/mol. The molecule has 2 aromatic carbocycles. The molecule has 0 heterocycles. The van der Waals surface area contributed by atoms with E-state index in [9.17, 15) is 19.5 Å². The molecule has 162 valence electrons. The molecule has 2 amide bonds. The van der Waals surface area contributed by atoms with Gasteiger partial charge in [0.1, 0.15) is 6.04 Å². The summed E-state index contributed by atoms with van der Waals surface area (Å²) in [6, 6.07) is 16.7. The number of ether oxygens (including phenoxy) is 1. The Labute approximate surface area is 180 Å². The number of rotatable bonds is 9. The van der Waals surface area contributed by atoms with Crippen LogP contribution in [0.1, 0.15) is 35.3 Å². The standard InChI is InChI=1S/C23H25N3O5/c1-15(14-24)13-18(23(30)31-2)25-22(29)20(27)19(16-9-5-3-6-10-16)26-21(28)17-11-7-4-8-12-17/h3-12,15,18-20,27H,13H2,1-2H3,(H,25,29)(H,26,28)/t15-,18+,19-,20+/m0/s1. The monoisotopic (exact) mass is 423 g/mol. The molecule has 0 saturated carbocycles. The summed E-state index contributed by atoms with van der Waals surface area (Å²) in [7, 11) is 1.17. The number of nitriles is 1. The summed E-state index contributed by atoms with van der Waals surface area (Å²) in [6.07, 6.45) is -1.67. The van der Waals surface area contributed by atoms with Crippen LogP contribution in [0.3, 0.4) is 0 Å². The fourth-order valence-corrected chi connectivity index (χ4v) is 2.99. The Kier molecular flexibility index (Phi) is 8.73. The summed E-state index contributed by atoms with van der Waals surface area (Å²) in [6.45, 7) is 1.60. The third-order valence-corrected chi connectivity index (χ3v) is 4.68. The number of benzene rings is 2. The van der Waals surface area contributed by atoms with Gasteiger partial charge in [0, 0.05) is 11.5 Å². The van der Waals surface area contributed by atoms with Crippen LogP contribution in [-0.2, 0) is 14.3 Å². The highest BCUT2D eigenvalue weighted by Crippen LogP contribution is 2.19. The van der Waals surface area contributed by atoms with Gasteiger partial charge in [0.2, 0.25) is 0 Å². The first kappa shape index (κ1) is 23.6. The number of amides is 2. The van der Waals surface area contributed by atoms with E-state index in [4.69, 9.17) is 10.00 Å². The molecule has 0 saturated heterocycles. The van der Waals surface area contributed by atoms with Crippen molar-refractivity contribution in [3.63, 3.8) is 0 Å². The van der Waals surface area contributed by atoms with Gasteiger partial charge in [-0.15, -0.1) is 0 Å². The van der Waals surface area contributed by atoms with Gasteiger partial charge in [0.05, 0.1) is 19.2 Å². The second-order valence-electron chi connectivity index (χ2n) is 7.02. The molecule has 0 aliphatic carbocycles. The molecule has 3 N–H and O–H groups in total. The Balaban J connectivity index is 2.24. The van der Waals surface area contributed by atoms with E-state index in [0.717, 1.165) is 0 Å². The molecule has 31 heavy (non-hydrogen) atoms. The molecular weight excluding hydrogens is 398 g/mol. The van der Waals surface area contributed by atoms with Gasteiger partial charge in [-0.05, 0) is 31.0 Å². The van der Waals surface area contributed by atoms with E-state index in [2.05, 4.69) is 10.6 Å². The highest BCUT2D eigenvalue weighted by Gasteiger charge is 2.33. The summed E-state index contributed by atoms with van der Waals surface area (Å²) in [5, 5.41) is 24.9. The van der Waals surface area contributed by atoms with Gasteiger partial charge in [0.25, 0.3) is 11.8 Å². The highest BCUT2D eigenvalue weighted by molar-refractivity contribution is 5.95. The maximum atomic E-state index is 12.8. The highest BCUT2D eigenvalue weighted by atomic mass is 16.5. The fraction of sp³-hybridized carbons (Fsp3) is 0.304. The Bertz CT molecular complexity index is 927. The molecule has 0 bridgehead atoms. The average Bonchev–Trinajstić information content (AvgIpc) is 2.81. The van der Waals surface area contributed by atoms with Gasteiger partial charge >= 0.3 is 5.97 Å². The van der Waals surface area contributed by atoms with E-state index < -0.39 is 41.9 Å². The normalized spacial score (nSPS) is 14.3. The molecule has 8 heteroatoms. The Morgan fingerprint density at radius 1 is 1.03 bits per heavy atom. The molecule has 0 aromatic heterocycles. The van der Waals surface area contributed by atoms with Gasteiger partial charge in [-0.1, -0.05) is 48.5 Å². The van der Waals surface area contributed by atoms with Crippen molar-refractivity contribution in [2.24, 2.45) is 5.92 Å². The quantitative estimate of drug-likeness (QED) is 0.527. The van der Waals surface area contributed by atoms with E-state index in [1.165, 1.54) is 7.11 Å². The Morgan fingerprint density at radius 2 is 1.61 bits per heavy atom. The van der Waals surface area contributed by atoms with Crippen molar-refractivity contribution in [1.82, 2.24) is 10.6 Å². The van der Waals surface area contributed by atoms with Crippen LogP contribution in [0, 0.1) is 17.2 Å². The molecule has 8 nitrogen and oxygen atoms in total. The summed E-state index contributed by atoms with van der Waals surface area (Å²) in [5.74, 6) is -2.59. The molecule has 2 aromatic rings. The smallest absolute Gasteiger partial charge is 0.328 e. The average molecular weight is 423 g/mol. The molecule has 0 aliphatic rings. The lowest BCUT2D eigenvalue weighted by Gasteiger charge is -2.26. The minimum atomic E-state index is -1.69. The molecule has 2 rings (SSSR count). The molecule has 0 spiro atoms. The molecule has 0 radical (unpaired) electrons. The number of aliphatic hydroxyl groups excluding tert-OH is 1. The summed E-state index contributed by atoms with van der Waals surface area (Å²) in [5.41, 5.74) is 0.876. The van der Waals surface area contributed by atoms with E-state index >= 15 is 0 Å². The van der Waals surface area contributed by atoms with E-state index in [1.54, 1.807) is 67.6 Å². The molecule has 4 atom stereocenters. The maximum Gasteiger partial charge on any atom is 0.328 e. The number of esters is 1. The number of nitrogens with zero attached hydrogens (tertiary/aromatic N) is 1. The number of methoxy groups -OCH3 is 1. The van der Waals surface area contributed by atoms with E-state index in [-0.39, 0.29) is 6.42 Å². The van der Waals surface area contributed by atoms with Crippen molar-refractivity contribution in [3.8, 4) is 6.07 Å². The largest absolute Gasteiger partial charge is 0.467 e. The molecular formula is C23H25N3O5. The lowest BCUT2D eigenvalue weighted by atomic mass is 9.98. The van der Waals surface area contributed by atoms with E-state index in [0.29, 0.717) is 11.1 Å². The minimum Gasteiger partial charge on any atom is -0.467 e. The number of hydrogen-bond donors (Lipinski definition) is 3. The number of nitrogens with one attached hydrogen (secondary N) is 2. The second-order valence-corrected chi connectivity index (χ2v) is 7.02. The van der Waals surface area contributed by atoms with Gasteiger partial charge in [-0.2, -0.15) is 5.26 Å². The molecule has 0 aliphatic heterocycles. The fourth-order valence-electron chi connectivity index (χ4n) is 2.99. The van der Waals surface area contributed by atoms with Gasteiger partial charge in [0.15, 0.2) is 6.10 Å². The first-order valence-electron chi connectivity index (χ1n) is 9.74. The lowest BCUT2D eigenvalue weighted by molar-refractivity contribution is -0.147. The van der Waals surface area contributed by atoms with Gasteiger partial charge < -0.3 is 20.5 Å². The first-order chi connectivity index (χ1) is 14.9. The SMILES string of the molecule is COC(=O)[C@@H](C[C@H](C)C#N)NC(=O)[C@H](O)[C@@H](NC(=O)c1ccccc1)c1ccccc1. The van der Waals surface area contributed by atoms with Crippen LogP contribution < -0.4 is 10.6 Å². The first-order valence-corrected chi connectivity index (χ1v) is 9.74. The van der Waals surface area contributed by atoms with Crippen molar-refractivity contribution < 1.29 is 24.2 Å². The minimum absolute atomic E-state index is 0.0218. The van der Waals surface area contributed by atoms with Crippen molar-refractivity contribution in [2.45, 2.75) is 31.5 Å². The zero-order valence-electron chi connectivity index (χ0n) is 17.3. The second kappa shape index (κ2) is 11.5. The number of carbonyl (C=O) groups is 3. The predicted octanol–water partition coefficient (Wildman–Crippen LogP) is 1.73. The van der Waals surface area contributed by atoms with Crippen molar-refractivity contribution in [3.05, 3.63) is 71.8 Å². The van der Waals surface area contributed by atoms with Crippen LogP contribution in [-0.4, -0.2) is 42.1 Å². The summed E-state index contributed by atoms with van der Waals surface area (Å²) in [4.78, 5) is 37.5. The van der Waals surface area contributed by atoms with Gasteiger partial charge in [-0.3, -0.25) is 9.59 Å². The number of aliphatic hydroxyl groups is 1. The van der Waals surface area contributed by atoms with Crippen molar-refractivity contribution in [2.75, 3.05) is 7.11 Å². The van der Waals surface area contributed by atoms with Crippen LogP contribution in [0.5, 0.6) is 0 Å². The summed E-state index contributed by atoms with van der Waals surface area (Å²) < 4.78 is 4.69. The van der Waals surface area contributed by atoms with E-state index in [1.807, 2.05) is 6.07 Å². The Hall–Kier alpha value is -3.70. The topological polar surface area (TPSA) is 129 Å². The number of hydrogen-bond acceptors (Lipinski definition) is 6. The Morgan fingerprint density at radius 3 is 2.16 bits per heavy atom. The van der Waals surface area contributed by atoms with Crippen LogP contribution in [0.25, 0.3) is 0 Å². The maximum absolute atomic E-state index is 12.8. The van der Waals surface area contributed by atoms with Crippen molar-refractivity contribution >= 4 is 17.8 Å². The van der Waals surface area contributed by atoms with Crippen LogP contribution in [0.4, 0.5) is 0 Å². The number of carbonyl (C=O) groups excluding carboxylic acids is 3. The van der Waals surface area contributed by atoms with Crippen LogP contribution in [0.2, 0.25) is 0 Å². The van der Waals surface area contributed by atoms with Crippen molar-refractivity contribution in [1.29, 1.82) is 5.26 Å². The van der Waals surface area contributed by atoms with Gasteiger partial charge in [-0.25, -0.2) is 4.79 Å². The molecule has 0 unspecified atom stereocenters. The van der Waals surface area contributed by atoms with Crippen LogP contribution >= 0.6 is 0 Å². The third-order valence-electron chi connectivity index (χ3n) is 4.68. The van der Waals surface area contributed by atoms with Crippen LogP contribution in [0.15, 0.2) is 60.7 Å². The lowest BCUT2D eigenvalue weighted by Crippen LogP contribution is -2.50. The zero-order valence-corrected chi connectivity index (χ0v) is 17.3. The summed E-state index contributed by atoms with van der Waals surface area (Å²) >= 11 is 0. The third kappa shape index (κ3) is 6.66. The molecule has 0 fully saturated rings. The zero-order chi connectivity index (χ0) is 22.8.